The summed E-state index contributed by atoms with van der Waals surface area (Å²) in [6, 6.07) is 9.93. The smallest absolute Gasteiger partial charge is 0.0991 e. The van der Waals surface area contributed by atoms with Gasteiger partial charge in [-0.3, -0.25) is 0 Å². The van der Waals surface area contributed by atoms with Crippen molar-refractivity contribution in [3.05, 3.63) is 35.4 Å². The maximum absolute atomic E-state index is 8.68. The molecule has 0 saturated heterocycles. The van der Waals surface area contributed by atoms with E-state index in [-0.39, 0.29) is 0 Å². The maximum Gasteiger partial charge on any atom is 0.0991 e. The highest BCUT2D eigenvalue weighted by molar-refractivity contribution is 5.31. The molecule has 16 heavy (non-hydrogen) atoms. The first-order chi connectivity index (χ1) is 7.79. The zero-order chi connectivity index (χ0) is 11.4. The van der Waals surface area contributed by atoms with Crippen LogP contribution in [0.25, 0.3) is 0 Å². The molecule has 2 nitrogen and oxygen atoms in total. The monoisotopic (exact) mass is 214 g/mol. The van der Waals surface area contributed by atoms with Gasteiger partial charge in [-0.05, 0) is 48.9 Å². The molecule has 2 heteroatoms. The minimum absolute atomic E-state index is 0.732. The van der Waals surface area contributed by atoms with E-state index in [1.54, 1.807) is 0 Å². The van der Waals surface area contributed by atoms with Crippen LogP contribution in [0.2, 0.25) is 0 Å². The second-order valence-electron chi connectivity index (χ2n) is 4.75. The Morgan fingerprint density at radius 1 is 1.38 bits per heavy atom. The van der Waals surface area contributed by atoms with Gasteiger partial charge in [-0.25, -0.2) is 0 Å². The molecular weight excluding hydrogens is 196 g/mol. The van der Waals surface area contributed by atoms with E-state index in [2.05, 4.69) is 18.3 Å². The summed E-state index contributed by atoms with van der Waals surface area (Å²) < 4.78 is 0. The summed E-state index contributed by atoms with van der Waals surface area (Å²) >= 11 is 0. The van der Waals surface area contributed by atoms with Crippen molar-refractivity contribution in [1.82, 2.24) is 5.32 Å². The minimum atomic E-state index is 0.732. The first-order valence-electron chi connectivity index (χ1n) is 5.99. The summed E-state index contributed by atoms with van der Waals surface area (Å²) in [5.74, 6) is 1.77. The molecule has 0 aliphatic heterocycles. The molecule has 1 unspecified atom stereocenters. The summed E-state index contributed by atoms with van der Waals surface area (Å²) in [7, 11) is 0. The Morgan fingerprint density at radius 3 is 2.62 bits per heavy atom. The van der Waals surface area contributed by atoms with Crippen LogP contribution in [0.1, 0.15) is 30.9 Å². The number of nitrogens with zero attached hydrogens (tertiary/aromatic N) is 1. The van der Waals surface area contributed by atoms with Gasteiger partial charge in [0.05, 0.1) is 11.6 Å². The molecular formula is C14H18N2. The molecule has 1 aromatic carbocycles. The molecule has 1 aliphatic carbocycles. The number of nitriles is 1. The van der Waals surface area contributed by atoms with Crippen LogP contribution in [0, 0.1) is 23.2 Å². The Hall–Kier alpha value is -1.33. The fraction of sp³-hybridized carbons (Fsp3) is 0.500. The predicted octanol–water partition coefficient (Wildman–Crippen LogP) is 2.69. The largest absolute Gasteiger partial charge is 0.312 e. The van der Waals surface area contributed by atoms with Crippen LogP contribution in [0.4, 0.5) is 0 Å². The van der Waals surface area contributed by atoms with Gasteiger partial charge in [0.25, 0.3) is 0 Å². The predicted molar refractivity (Wildman–Crippen MR) is 64.8 cm³/mol. The van der Waals surface area contributed by atoms with Crippen molar-refractivity contribution in [1.29, 1.82) is 5.26 Å². The molecule has 0 aromatic heterocycles. The number of hydrogen-bond acceptors (Lipinski definition) is 2. The topological polar surface area (TPSA) is 35.8 Å². The highest BCUT2D eigenvalue weighted by Crippen LogP contribution is 2.36. The van der Waals surface area contributed by atoms with E-state index in [0.29, 0.717) is 0 Å². The standard InChI is InChI=1S/C14H18N2/c1-11(14-6-7-14)9-16-10-13-4-2-12(8-15)3-5-13/h2-5,11,14,16H,6-7,9-10H2,1H3. The second-order valence-corrected chi connectivity index (χ2v) is 4.75. The maximum atomic E-state index is 8.68. The lowest BCUT2D eigenvalue weighted by Gasteiger charge is -2.11. The van der Waals surface area contributed by atoms with E-state index in [1.807, 2.05) is 24.3 Å². The molecule has 1 N–H and O–H groups in total. The minimum Gasteiger partial charge on any atom is -0.312 e. The van der Waals surface area contributed by atoms with Crippen molar-refractivity contribution in [2.24, 2.45) is 11.8 Å². The highest BCUT2D eigenvalue weighted by atomic mass is 14.9. The van der Waals surface area contributed by atoms with Gasteiger partial charge in [0.1, 0.15) is 0 Å². The quantitative estimate of drug-likeness (QED) is 0.818. The average molecular weight is 214 g/mol. The zero-order valence-corrected chi connectivity index (χ0v) is 9.74. The third kappa shape index (κ3) is 3.08. The fourth-order valence-electron chi connectivity index (χ4n) is 1.97. The van der Waals surface area contributed by atoms with Crippen molar-refractivity contribution in [3.8, 4) is 6.07 Å². The molecule has 1 fully saturated rings. The fourth-order valence-corrected chi connectivity index (χ4v) is 1.97. The van der Waals surface area contributed by atoms with Crippen molar-refractivity contribution in [2.75, 3.05) is 6.54 Å². The highest BCUT2D eigenvalue weighted by Gasteiger charge is 2.27. The molecule has 0 bridgehead atoms. The van der Waals surface area contributed by atoms with E-state index in [0.717, 1.165) is 30.5 Å². The lowest BCUT2D eigenvalue weighted by Crippen LogP contribution is -2.21. The van der Waals surface area contributed by atoms with E-state index in [4.69, 9.17) is 5.26 Å². The summed E-state index contributed by atoms with van der Waals surface area (Å²) in [5.41, 5.74) is 1.98. The second kappa shape index (κ2) is 5.14. The summed E-state index contributed by atoms with van der Waals surface area (Å²) in [6.45, 7) is 4.33. The normalized spacial score (nSPS) is 16.8. The van der Waals surface area contributed by atoms with E-state index < -0.39 is 0 Å². The third-order valence-corrected chi connectivity index (χ3v) is 3.31. The van der Waals surface area contributed by atoms with Gasteiger partial charge in [0, 0.05) is 6.54 Å². The SMILES string of the molecule is CC(CNCc1ccc(C#N)cc1)C1CC1. The van der Waals surface area contributed by atoms with Crippen LogP contribution in [0.5, 0.6) is 0 Å². The van der Waals surface area contributed by atoms with Crippen molar-refractivity contribution in [3.63, 3.8) is 0 Å². The van der Waals surface area contributed by atoms with Crippen molar-refractivity contribution in [2.45, 2.75) is 26.3 Å². The Balaban J connectivity index is 1.74. The van der Waals surface area contributed by atoms with Gasteiger partial charge in [-0.1, -0.05) is 19.1 Å². The molecule has 84 valence electrons. The van der Waals surface area contributed by atoms with Gasteiger partial charge in [-0.15, -0.1) is 0 Å². The first kappa shape index (κ1) is 11.2. The van der Waals surface area contributed by atoms with Gasteiger partial charge in [-0.2, -0.15) is 5.26 Å². The van der Waals surface area contributed by atoms with Crippen LogP contribution < -0.4 is 5.32 Å². The van der Waals surface area contributed by atoms with Crippen molar-refractivity contribution < 1.29 is 0 Å². The van der Waals surface area contributed by atoms with Gasteiger partial charge in [0.15, 0.2) is 0 Å². The summed E-state index contributed by atoms with van der Waals surface area (Å²) in [6.07, 6.45) is 2.83. The van der Waals surface area contributed by atoms with Crippen LogP contribution >= 0.6 is 0 Å². The number of nitrogens with one attached hydrogen (secondary N) is 1. The number of benzene rings is 1. The third-order valence-electron chi connectivity index (χ3n) is 3.31. The average Bonchev–Trinajstić information content (AvgIpc) is 3.14. The molecule has 1 saturated carbocycles. The molecule has 1 aliphatic rings. The lowest BCUT2D eigenvalue weighted by atomic mass is 10.1. The van der Waals surface area contributed by atoms with E-state index in [1.165, 1.54) is 18.4 Å². The summed E-state index contributed by atoms with van der Waals surface area (Å²) in [4.78, 5) is 0. The zero-order valence-electron chi connectivity index (χ0n) is 9.74. The van der Waals surface area contributed by atoms with Gasteiger partial charge in [0.2, 0.25) is 0 Å². The van der Waals surface area contributed by atoms with Gasteiger partial charge >= 0.3 is 0 Å². The van der Waals surface area contributed by atoms with E-state index in [9.17, 15) is 0 Å². The molecule has 1 atom stereocenters. The molecule has 0 heterocycles. The number of hydrogen-bond donors (Lipinski definition) is 1. The molecule has 2 rings (SSSR count). The Morgan fingerprint density at radius 2 is 2.06 bits per heavy atom. The van der Waals surface area contributed by atoms with E-state index >= 15 is 0 Å². The molecule has 0 amide bonds. The molecule has 0 radical (unpaired) electrons. The summed E-state index contributed by atoms with van der Waals surface area (Å²) in [5, 5.41) is 12.2. The Labute approximate surface area is 97.3 Å². The van der Waals surface area contributed by atoms with Gasteiger partial charge < -0.3 is 5.32 Å². The molecule has 1 aromatic rings. The lowest BCUT2D eigenvalue weighted by molar-refractivity contribution is 0.461. The Kier molecular flexibility index (Phi) is 3.58. The number of rotatable bonds is 5. The Bertz CT molecular complexity index is 371. The van der Waals surface area contributed by atoms with Crippen LogP contribution in [-0.4, -0.2) is 6.54 Å². The molecule has 0 spiro atoms. The van der Waals surface area contributed by atoms with Crippen molar-refractivity contribution >= 4 is 0 Å². The van der Waals surface area contributed by atoms with Crippen LogP contribution in [0.3, 0.4) is 0 Å². The van der Waals surface area contributed by atoms with Crippen LogP contribution in [0.15, 0.2) is 24.3 Å². The first-order valence-corrected chi connectivity index (χ1v) is 5.99. The van der Waals surface area contributed by atoms with Crippen LogP contribution in [-0.2, 0) is 6.54 Å².